The molecule has 4 aliphatic heterocycles. The zero-order valence-corrected chi connectivity index (χ0v) is 25.0. The van der Waals surface area contributed by atoms with Gasteiger partial charge in [-0.3, -0.25) is 14.3 Å². The van der Waals surface area contributed by atoms with Gasteiger partial charge in [-0.05, 0) is 76.8 Å². The topological polar surface area (TPSA) is 122 Å². The molecule has 2 aromatic heterocycles. The van der Waals surface area contributed by atoms with Crippen molar-refractivity contribution in [3.63, 3.8) is 0 Å². The van der Waals surface area contributed by atoms with Crippen LogP contribution in [0.25, 0.3) is 10.9 Å². The van der Waals surface area contributed by atoms with Gasteiger partial charge in [-0.15, -0.1) is 0 Å². The summed E-state index contributed by atoms with van der Waals surface area (Å²) in [6.45, 7) is 12.0. The van der Waals surface area contributed by atoms with Gasteiger partial charge in [0.05, 0.1) is 23.3 Å². The molecule has 2 amide bonds. The quantitative estimate of drug-likeness (QED) is 0.458. The molecule has 0 saturated carbocycles. The van der Waals surface area contributed by atoms with Crippen molar-refractivity contribution < 1.29 is 19.1 Å². The first-order chi connectivity index (χ1) is 20.0. The average molecular weight is 577 g/mol. The van der Waals surface area contributed by atoms with Crippen LogP contribution in [-0.4, -0.2) is 80.6 Å². The maximum Gasteiger partial charge on any atom is 0.410 e. The second kappa shape index (κ2) is 10.4. The Labute approximate surface area is 245 Å². The van der Waals surface area contributed by atoms with E-state index in [1.165, 1.54) is 0 Å². The lowest BCUT2D eigenvalue weighted by Gasteiger charge is -2.47. The lowest BCUT2D eigenvalue weighted by molar-refractivity contribution is -0.171. The van der Waals surface area contributed by atoms with Crippen molar-refractivity contribution in [1.82, 2.24) is 24.6 Å². The minimum atomic E-state index is -0.553. The summed E-state index contributed by atoms with van der Waals surface area (Å²) in [7, 11) is 0. The number of anilines is 2. The summed E-state index contributed by atoms with van der Waals surface area (Å²) in [5.41, 5.74) is 1.85. The number of aryl methyl sites for hydroxylation is 1. The van der Waals surface area contributed by atoms with Crippen LogP contribution < -0.4 is 10.9 Å². The number of H-pyrrole nitrogens is 1. The third kappa shape index (κ3) is 5.14. The molecule has 42 heavy (non-hydrogen) atoms. The fourth-order valence-electron chi connectivity index (χ4n) is 6.48. The first-order valence-electron chi connectivity index (χ1n) is 14.9. The molecule has 6 heterocycles. The Hall–Kier alpha value is -3.86. The molecule has 0 unspecified atom stereocenters. The number of nitrogens with zero attached hydrogens (tertiary/aromatic N) is 4. The van der Waals surface area contributed by atoms with Crippen molar-refractivity contribution in [2.75, 3.05) is 31.5 Å². The molecule has 0 radical (unpaired) electrons. The summed E-state index contributed by atoms with van der Waals surface area (Å²) >= 11 is 0. The highest BCUT2D eigenvalue weighted by Crippen LogP contribution is 2.38. The number of morpholine rings is 1. The predicted octanol–water partition coefficient (Wildman–Crippen LogP) is 4.53. The Bertz CT molecular complexity index is 1560. The van der Waals surface area contributed by atoms with E-state index in [0.717, 1.165) is 29.6 Å². The minimum Gasteiger partial charge on any atom is -0.444 e. The van der Waals surface area contributed by atoms with Gasteiger partial charge in [0.25, 0.3) is 11.5 Å². The Morgan fingerprint density at radius 1 is 1.14 bits per heavy atom. The zero-order valence-electron chi connectivity index (χ0n) is 25.0. The number of rotatable bonds is 5. The monoisotopic (exact) mass is 576 g/mol. The van der Waals surface area contributed by atoms with Crippen molar-refractivity contribution >= 4 is 34.4 Å². The summed E-state index contributed by atoms with van der Waals surface area (Å²) in [5, 5.41) is 8.81. The van der Waals surface area contributed by atoms with Gasteiger partial charge in [0.15, 0.2) is 5.82 Å². The largest absolute Gasteiger partial charge is 0.444 e. The molecule has 4 saturated heterocycles. The number of piperidine rings is 2. The maximum absolute atomic E-state index is 13.2. The van der Waals surface area contributed by atoms with E-state index in [2.05, 4.69) is 17.2 Å². The van der Waals surface area contributed by atoms with Crippen LogP contribution in [0.1, 0.15) is 69.3 Å². The number of aromatic nitrogens is 3. The van der Waals surface area contributed by atoms with Crippen LogP contribution in [0.2, 0.25) is 0 Å². The molecule has 4 aliphatic rings. The van der Waals surface area contributed by atoms with Crippen LogP contribution in [0.3, 0.4) is 0 Å². The third-order valence-electron chi connectivity index (χ3n) is 8.82. The molecule has 4 fully saturated rings. The van der Waals surface area contributed by atoms with Crippen molar-refractivity contribution in [1.29, 1.82) is 0 Å². The molecular weight excluding hydrogens is 536 g/mol. The molecule has 2 bridgehead atoms. The van der Waals surface area contributed by atoms with E-state index in [9.17, 15) is 14.4 Å². The molecule has 2 atom stereocenters. The number of aromatic amines is 1. The van der Waals surface area contributed by atoms with Gasteiger partial charge < -0.3 is 29.6 Å². The number of nitrogens with one attached hydrogen (secondary N) is 2. The first kappa shape index (κ1) is 28.3. The number of pyridine rings is 1. The van der Waals surface area contributed by atoms with Crippen LogP contribution in [0.5, 0.6) is 0 Å². The highest BCUT2D eigenvalue weighted by Gasteiger charge is 2.41. The molecule has 11 nitrogen and oxygen atoms in total. The molecule has 7 rings (SSSR count). The molecule has 11 heteroatoms. The lowest BCUT2D eigenvalue weighted by Crippen LogP contribution is -2.58. The smallest absolute Gasteiger partial charge is 0.410 e. The van der Waals surface area contributed by atoms with Crippen LogP contribution >= 0.6 is 0 Å². The number of fused-ring (bicyclic) bond motifs is 3. The highest BCUT2D eigenvalue weighted by molar-refractivity contribution is 5.97. The van der Waals surface area contributed by atoms with Gasteiger partial charge in [-0.25, -0.2) is 4.79 Å². The normalized spacial score (nSPS) is 21.6. The molecular formula is C31H40N6O5. The summed E-state index contributed by atoms with van der Waals surface area (Å²) < 4.78 is 13.2. The van der Waals surface area contributed by atoms with E-state index < -0.39 is 5.60 Å². The van der Waals surface area contributed by atoms with E-state index >= 15 is 0 Å². The summed E-state index contributed by atoms with van der Waals surface area (Å²) in [4.78, 5) is 45.4. The second-order valence-electron chi connectivity index (χ2n) is 12.9. The number of carbonyl (C=O) groups is 2. The predicted molar refractivity (Wildman–Crippen MR) is 159 cm³/mol. The summed E-state index contributed by atoms with van der Waals surface area (Å²) in [5.74, 6) is 0.479. The second-order valence-corrected chi connectivity index (χ2v) is 12.9. The molecule has 224 valence electrons. The number of amides is 2. The van der Waals surface area contributed by atoms with E-state index in [1.54, 1.807) is 11.1 Å². The first-order valence-corrected chi connectivity index (χ1v) is 14.9. The molecule has 1 aromatic carbocycles. The van der Waals surface area contributed by atoms with Gasteiger partial charge in [-0.2, -0.15) is 5.10 Å². The maximum atomic E-state index is 13.2. The number of likely N-dealkylation sites (tertiary alicyclic amines) is 1. The Morgan fingerprint density at radius 2 is 1.83 bits per heavy atom. The van der Waals surface area contributed by atoms with E-state index in [0.29, 0.717) is 55.8 Å². The third-order valence-corrected chi connectivity index (χ3v) is 8.82. The Morgan fingerprint density at radius 3 is 2.45 bits per heavy atom. The van der Waals surface area contributed by atoms with Crippen molar-refractivity contribution in [3.8, 4) is 0 Å². The number of ether oxygens (including phenoxy) is 2. The van der Waals surface area contributed by atoms with Crippen molar-refractivity contribution in [2.24, 2.45) is 0 Å². The van der Waals surface area contributed by atoms with E-state index in [4.69, 9.17) is 14.6 Å². The van der Waals surface area contributed by atoms with Crippen LogP contribution in [0.15, 0.2) is 35.3 Å². The van der Waals surface area contributed by atoms with Gasteiger partial charge in [0.2, 0.25) is 0 Å². The van der Waals surface area contributed by atoms with Crippen LogP contribution in [0.4, 0.5) is 16.3 Å². The lowest BCUT2D eigenvalue weighted by atomic mass is 9.85. The Kier molecular flexibility index (Phi) is 7.03. The van der Waals surface area contributed by atoms with Crippen LogP contribution in [0, 0.1) is 6.92 Å². The van der Waals surface area contributed by atoms with Crippen LogP contribution in [-0.2, 0) is 15.0 Å². The molecule has 3 aromatic rings. The van der Waals surface area contributed by atoms with E-state index in [-0.39, 0.29) is 35.3 Å². The average Bonchev–Trinajstić information content (AvgIpc) is 3.31. The van der Waals surface area contributed by atoms with E-state index in [1.807, 2.05) is 61.5 Å². The summed E-state index contributed by atoms with van der Waals surface area (Å²) in [6.07, 6.45) is 4.85. The molecule has 0 aliphatic carbocycles. The van der Waals surface area contributed by atoms with Gasteiger partial charge >= 0.3 is 6.09 Å². The number of carbonyl (C=O) groups excluding carboxylic acids is 2. The highest BCUT2D eigenvalue weighted by atomic mass is 16.6. The van der Waals surface area contributed by atoms with Gasteiger partial charge in [0.1, 0.15) is 11.0 Å². The summed E-state index contributed by atoms with van der Waals surface area (Å²) in [6, 6.07) is 7.50. The minimum absolute atomic E-state index is 0.0193. The standard InChI is InChI=1S/C31H40N6O5/c1-6-31(10-13-35(14-11-31)29(40)42-30(3,4)5)37-24-9-12-32-27(38)25(24)26(34-37)33-20-7-8-23(19(2)15-20)28(39)36-17-21-16-22(18-36)41-21/h7-9,12,15,21-22H,6,10-11,13-14,16-18H2,1-5H3,(H,32,38)(H,33,34)/t21-,22+. The SMILES string of the molecule is CCC1(n2nc(Nc3ccc(C(=O)N4C[C@H]5C[C@@H](C4)O5)c(C)c3)c3c(=O)[nH]ccc32)CCN(C(=O)OC(C)(C)C)CC1. The van der Waals surface area contributed by atoms with Crippen molar-refractivity contribution in [2.45, 2.75) is 83.6 Å². The fraction of sp³-hybridized carbons (Fsp3) is 0.548. The van der Waals surface area contributed by atoms with Crippen molar-refractivity contribution in [3.05, 3.63) is 51.9 Å². The zero-order chi connectivity index (χ0) is 29.8. The fourth-order valence-corrected chi connectivity index (χ4v) is 6.48. The number of benzene rings is 1. The van der Waals surface area contributed by atoms with Gasteiger partial charge in [-0.1, -0.05) is 6.92 Å². The number of hydrogen-bond donors (Lipinski definition) is 2. The molecule has 2 N–H and O–H groups in total. The Balaban J connectivity index is 1.25. The van der Waals surface area contributed by atoms with Gasteiger partial charge in [0, 0.05) is 50.0 Å². The molecule has 0 spiro atoms. The number of hydrogen-bond acceptors (Lipinski definition) is 7.